The standard InChI is InChI=1S/C35H38N4O5S/c1-19-13-21(17-36)14-20(2)29(19)39-32(40)25-15-26-28(44-11-9-22-10-12-45-31(22)26)16-24(25)23-7-8-27(38-30(23)34(42)43-6)33(41)37-18-35(3,4)5/h7-8,10,12-16H,9,11,17-18,36H2,1-6H3,(H,37,41)(H,39,40). The Kier molecular flexibility index (Phi) is 9.08. The molecule has 10 heteroatoms. The maximum atomic E-state index is 14.2. The molecular weight excluding hydrogens is 588 g/mol. The number of esters is 1. The Hall–Kier alpha value is -4.54. The number of aryl methyl sites for hydroxylation is 2. The van der Waals surface area contributed by atoms with E-state index < -0.39 is 11.9 Å². The van der Waals surface area contributed by atoms with Crippen LogP contribution >= 0.6 is 11.3 Å². The first-order valence-corrected chi connectivity index (χ1v) is 15.6. The van der Waals surface area contributed by atoms with E-state index in [1.165, 1.54) is 7.11 Å². The predicted octanol–water partition coefficient (Wildman–Crippen LogP) is 6.30. The Bertz CT molecular complexity index is 1780. The molecule has 9 nitrogen and oxygen atoms in total. The number of ether oxygens (including phenoxy) is 2. The van der Waals surface area contributed by atoms with E-state index in [9.17, 15) is 14.4 Å². The summed E-state index contributed by atoms with van der Waals surface area (Å²) >= 11 is 1.59. The van der Waals surface area contributed by atoms with E-state index in [4.69, 9.17) is 15.2 Å². The Morgan fingerprint density at radius 1 is 1.00 bits per heavy atom. The summed E-state index contributed by atoms with van der Waals surface area (Å²) < 4.78 is 11.3. The lowest BCUT2D eigenvalue weighted by molar-refractivity contribution is 0.0594. The van der Waals surface area contributed by atoms with Crippen LogP contribution in [0.2, 0.25) is 0 Å². The summed E-state index contributed by atoms with van der Waals surface area (Å²) in [6, 6.07) is 12.7. The average Bonchev–Trinajstić information content (AvgIpc) is 3.41. The van der Waals surface area contributed by atoms with Gasteiger partial charge in [-0.3, -0.25) is 9.59 Å². The molecule has 2 aromatic heterocycles. The number of methoxy groups -OCH3 is 1. The topological polar surface area (TPSA) is 133 Å². The molecule has 0 aliphatic carbocycles. The number of thiophene rings is 1. The van der Waals surface area contributed by atoms with Crippen LogP contribution in [0, 0.1) is 19.3 Å². The number of nitrogens with zero attached hydrogens (tertiary/aromatic N) is 1. The molecule has 0 spiro atoms. The zero-order valence-electron chi connectivity index (χ0n) is 26.4. The Balaban J connectivity index is 1.67. The van der Waals surface area contributed by atoms with Crippen molar-refractivity contribution >= 4 is 34.8 Å². The van der Waals surface area contributed by atoms with Gasteiger partial charge in [0.25, 0.3) is 11.8 Å². The van der Waals surface area contributed by atoms with E-state index in [2.05, 4.69) is 21.7 Å². The molecular formula is C35H38N4O5S. The zero-order chi connectivity index (χ0) is 32.5. The Labute approximate surface area is 267 Å². The molecule has 4 aromatic rings. The van der Waals surface area contributed by atoms with Crippen LogP contribution in [0.4, 0.5) is 5.69 Å². The van der Waals surface area contributed by atoms with Gasteiger partial charge in [-0.25, -0.2) is 9.78 Å². The quantitative estimate of drug-likeness (QED) is 0.205. The first kappa shape index (κ1) is 31.9. The van der Waals surface area contributed by atoms with Gasteiger partial charge in [-0.15, -0.1) is 11.3 Å². The highest BCUT2D eigenvalue weighted by Crippen LogP contribution is 2.43. The second kappa shape index (κ2) is 12.8. The first-order chi connectivity index (χ1) is 21.4. The van der Waals surface area contributed by atoms with Gasteiger partial charge in [0.05, 0.1) is 13.7 Å². The van der Waals surface area contributed by atoms with E-state index in [1.54, 1.807) is 29.5 Å². The third kappa shape index (κ3) is 6.77. The van der Waals surface area contributed by atoms with Crippen LogP contribution in [-0.4, -0.2) is 43.0 Å². The summed E-state index contributed by atoms with van der Waals surface area (Å²) in [5, 5.41) is 8.00. The number of pyridine rings is 1. The van der Waals surface area contributed by atoms with Gasteiger partial charge in [-0.05, 0) is 77.2 Å². The number of rotatable bonds is 7. The van der Waals surface area contributed by atoms with E-state index in [1.807, 2.05) is 58.2 Å². The van der Waals surface area contributed by atoms with Gasteiger partial charge < -0.3 is 25.8 Å². The van der Waals surface area contributed by atoms with Crippen LogP contribution in [-0.2, 0) is 17.7 Å². The maximum Gasteiger partial charge on any atom is 0.357 e. The zero-order valence-corrected chi connectivity index (χ0v) is 27.2. The summed E-state index contributed by atoms with van der Waals surface area (Å²) in [5.74, 6) is -0.931. The molecule has 1 aliphatic rings. The monoisotopic (exact) mass is 626 g/mol. The maximum absolute atomic E-state index is 14.2. The van der Waals surface area contributed by atoms with Crippen molar-refractivity contribution in [2.24, 2.45) is 11.1 Å². The number of anilines is 1. The van der Waals surface area contributed by atoms with Crippen LogP contribution in [0.1, 0.15) is 74.4 Å². The molecule has 2 aromatic carbocycles. The van der Waals surface area contributed by atoms with E-state index in [0.717, 1.165) is 39.1 Å². The van der Waals surface area contributed by atoms with Crippen molar-refractivity contribution < 1.29 is 23.9 Å². The number of carbonyl (C=O) groups is 3. The molecule has 0 saturated carbocycles. The molecule has 1 aliphatic heterocycles. The number of hydrogen-bond acceptors (Lipinski definition) is 8. The molecule has 4 N–H and O–H groups in total. The molecule has 5 rings (SSSR count). The van der Waals surface area contributed by atoms with Crippen molar-refractivity contribution in [1.29, 1.82) is 0 Å². The second-order valence-electron chi connectivity index (χ2n) is 12.4. The lowest BCUT2D eigenvalue weighted by atomic mass is 9.93. The smallest absolute Gasteiger partial charge is 0.357 e. The first-order valence-electron chi connectivity index (χ1n) is 14.8. The van der Waals surface area contributed by atoms with Gasteiger partial charge in [0, 0.05) is 52.3 Å². The van der Waals surface area contributed by atoms with E-state index in [-0.39, 0.29) is 22.7 Å². The van der Waals surface area contributed by atoms with Crippen LogP contribution in [0.3, 0.4) is 0 Å². The minimum Gasteiger partial charge on any atom is -0.493 e. The van der Waals surface area contributed by atoms with Gasteiger partial charge in [0.15, 0.2) is 5.69 Å². The fourth-order valence-electron chi connectivity index (χ4n) is 5.37. The second-order valence-corrected chi connectivity index (χ2v) is 13.3. The van der Waals surface area contributed by atoms with Crippen molar-refractivity contribution in [3.8, 4) is 27.3 Å². The van der Waals surface area contributed by atoms with Crippen LogP contribution in [0.5, 0.6) is 5.75 Å². The minimum absolute atomic E-state index is 0.0647. The summed E-state index contributed by atoms with van der Waals surface area (Å²) in [7, 11) is 1.25. The molecule has 3 heterocycles. The summed E-state index contributed by atoms with van der Waals surface area (Å²) in [4.78, 5) is 45.8. The Morgan fingerprint density at radius 3 is 2.40 bits per heavy atom. The molecule has 45 heavy (non-hydrogen) atoms. The summed E-state index contributed by atoms with van der Waals surface area (Å²) in [5.41, 5.74) is 12.1. The van der Waals surface area contributed by atoms with Crippen LogP contribution in [0.15, 0.2) is 47.8 Å². The highest BCUT2D eigenvalue weighted by Gasteiger charge is 2.27. The number of carbonyl (C=O) groups excluding carboxylic acids is 3. The fourth-order valence-corrected chi connectivity index (χ4v) is 6.34. The highest BCUT2D eigenvalue weighted by atomic mass is 32.1. The van der Waals surface area contributed by atoms with Gasteiger partial charge in [0.2, 0.25) is 0 Å². The average molecular weight is 627 g/mol. The number of amides is 2. The van der Waals surface area contributed by atoms with Crippen molar-refractivity contribution in [3.63, 3.8) is 0 Å². The lowest BCUT2D eigenvalue weighted by Gasteiger charge is -2.20. The molecule has 0 fully saturated rings. The third-order valence-electron chi connectivity index (χ3n) is 7.63. The van der Waals surface area contributed by atoms with Crippen molar-refractivity contribution in [3.05, 3.63) is 87.0 Å². The number of aromatic nitrogens is 1. The fraction of sp³-hybridized carbons (Fsp3) is 0.314. The van der Waals surface area contributed by atoms with Gasteiger partial charge in [-0.1, -0.05) is 32.9 Å². The largest absolute Gasteiger partial charge is 0.493 e. The predicted molar refractivity (Wildman–Crippen MR) is 177 cm³/mol. The Morgan fingerprint density at radius 2 is 1.73 bits per heavy atom. The number of hydrogen-bond donors (Lipinski definition) is 3. The van der Waals surface area contributed by atoms with Gasteiger partial charge in [-0.2, -0.15) is 0 Å². The minimum atomic E-state index is -0.734. The van der Waals surface area contributed by atoms with E-state index >= 15 is 0 Å². The number of fused-ring (bicyclic) bond motifs is 3. The van der Waals surface area contributed by atoms with Crippen LogP contribution in [0.25, 0.3) is 21.6 Å². The lowest BCUT2D eigenvalue weighted by Crippen LogP contribution is -2.33. The van der Waals surface area contributed by atoms with Crippen LogP contribution < -0.4 is 21.1 Å². The summed E-state index contributed by atoms with van der Waals surface area (Å²) in [6.45, 7) is 11.1. The summed E-state index contributed by atoms with van der Waals surface area (Å²) in [6.07, 6.45) is 0.726. The van der Waals surface area contributed by atoms with Crippen molar-refractivity contribution in [2.45, 2.75) is 47.6 Å². The van der Waals surface area contributed by atoms with Gasteiger partial charge >= 0.3 is 5.97 Å². The molecule has 234 valence electrons. The van der Waals surface area contributed by atoms with Crippen molar-refractivity contribution in [2.75, 3.05) is 25.6 Å². The normalized spacial score (nSPS) is 12.3. The van der Waals surface area contributed by atoms with Crippen molar-refractivity contribution in [1.82, 2.24) is 10.3 Å². The number of nitrogens with two attached hydrogens (primary N) is 1. The highest BCUT2D eigenvalue weighted by molar-refractivity contribution is 7.13. The molecule has 0 atom stereocenters. The molecule has 0 radical (unpaired) electrons. The SMILES string of the molecule is COC(=O)c1nc(C(=O)NCC(C)(C)C)ccc1-c1cc2c(cc1C(=O)Nc1c(C)cc(CN)cc1C)-c1sccc1CCO2. The molecule has 0 bridgehead atoms. The number of benzene rings is 2. The molecule has 0 saturated heterocycles. The molecule has 2 amide bonds. The van der Waals surface area contributed by atoms with Gasteiger partial charge in [0.1, 0.15) is 11.4 Å². The molecule has 0 unspecified atom stereocenters. The number of nitrogens with one attached hydrogen (secondary N) is 2. The third-order valence-corrected chi connectivity index (χ3v) is 8.62. The van der Waals surface area contributed by atoms with E-state index in [0.29, 0.717) is 47.8 Å².